The molecule has 0 aliphatic carbocycles. The first-order valence-electron chi connectivity index (χ1n) is 5.55. The SMILES string of the molecule is O=S(=O)(NCC(F)(F)C(F)F)c1ccccc1C#CCO. The van der Waals surface area contributed by atoms with E-state index in [-0.39, 0.29) is 5.56 Å². The van der Waals surface area contributed by atoms with Crippen molar-refractivity contribution in [3.05, 3.63) is 29.8 Å². The summed E-state index contributed by atoms with van der Waals surface area (Å²) in [5, 5.41) is 8.57. The Kier molecular flexibility index (Phi) is 5.71. The summed E-state index contributed by atoms with van der Waals surface area (Å²) in [5.74, 6) is 0.0735. The van der Waals surface area contributed by atoms with Gasteiger partial charge in [-0.2, -0.15) is 8.78 Å². The highest BCUT2D eigenvalue weighted by Gasteiger charge is 2.41. The average Bonchev–Trinajstić information content (AvgIpc) is 2.43. The highest BCUT2D eigenvalue weighted by atomic mass is 32.2. The van der Waals surface area contributed by atoms with Crippen LogP contribution in [0.4, 0.5) is 17.6 Å². The van der Waals surface area contributed by atoms with Gasteiger partial charge in [0, 0.05) is 5.56 Å². The minimum atomic E-state index is -4.47. The van der Waals surface area contributed by atoms with E-state index in [1.807, 2.05) is 0 Å². The molecule has 0 saturated carbocycles. The van der Waals surface area contributed by atoms with E-state index in [4.69, 9.17) is 5.11 Å². The second kappa shape index (κ2) is 6.89. The molecule has 9 heteroatoms. The molecule has 0 bridgehead atoms. The number of hydrogen-bond acceptors (Lipinski definition) is 3. The molecule has 0 saturated heterocycles. The molecular formula is C12H11F4NO3S. The maximum atomic E-state index is 12.8. The van der Waals surface area contributed by atoms with E-state index in [2.05, 4.69) is 11.8 Å². The molecule has 0 fully saturated rings. The summed E-state index contributed by atoms with van der Waals surface area (Å²) in [6.07, 6.45) is -3.98. The molecule has 116 valence electrons. The first-order chi connectivity index (χ1) is 9.70. The van der Waals surface area contributed by atoms with Crippen LogP contribution in [-0.2, 0) is 10.0 Å². The van der Waals surface area contributed by atoms with Gasteiger partial charge >= 0.3 is 12.3 Å². The zero-order valence-corrected chi connectivity index (χ0v) is 11.3. The van der Waals surface area contributed by atoms with Crippen LogP contribution in [0.2, 0.25) is 0 Å². The first kappa shape index (κ1) is 17.4. The Morgan fingerprint density at radius 1 is 1.29 bits per heavy atom. The molecule has 0 unspecified atom stereocenters. The highest BCUT2D eigenvalue weighted by Crippen LogP contribution is 2.23. The van der Waals surface area contributed by atoms with Crippen LogP contribution in [0.5, 0.6) is 0 Å². The number of halogens is 4. The lowest BCUT2D eigenvalue weighted by Gasteiger charge is -2.16. The third-order valence-electron chi connectivity index (χ3n) is 2.30. The lowest BCUT2D eigenvalue weighted by Crippen LogP contribution is -2.41. The van der Waals surface area contributed by atoms with Gasteiger partial charge in [0.05, 0.1) is 11.4 Å². The van der Waals surface area contributed by atoms with Crippen LogP contribution in [0.1, 0.15) is 5.56 Å². The number of aliphatic hydroxyl groups excluding tert-OH is 1. The quantitative estimate of drug-likeness (QED) is 0.632. The standard InChI is InChI=1S/C12H11F4NO3S/c13-11(14)12(15,16)8-17-21(19,20)10-6-2-1-4-9(10)5-3-7-18/h1-2,4,6,11,17-18H,7-8H2. The Labute approximate surface area is 118 Å². The fourth-order valence-corrected chi connectivity index (χ4v) is 2.49. The van der Waals surface area contributed by atoms with E-state index in [9.17, 15) is 26.0 Å². The normalized spacial score (nSPS) is 12.1. The van der Waals surface area contributed by atoms with Gasteiger partial charge in [-0.15, -0.1) is 0 Å². The van der Waals surface area contributed by atoms with Crippen molar-refractivity contribution >= 4 is 10.0 Å². The largest absolute Gasteiger partial charge is 0.384 e. The Morgan fingerprint density at radius 2 is 1.90 bits per heavy atom. The molecule has 0 heterocycles. The molecule has 0 radical (unpaired) electrons. The van der Waals surface area contributed by atoms with Crippen molar-refractivity contribution in [2.75, 3.05) is 13.2 Å². The second-order valence-electron chi connectivity index (χ2n) is 3.84. The molecule has 0 amide bonds. The van der Waals surface area contributed by atoms with Crippen molar-refractivity contribution in [2.45, 2.75) is 17.2 Å². The van der Waals surface area contributed by atoms with E-state index >= 15 is 0 Å². The van der Waals surface area contributed by atoms with Gasteiger partial charge in [0.25, 0.3) is 0 Å². The summed E-state index contributed by atoms with van der Waals surface area (Å²) >= 11 is 0. The third-order valence-corrected chi connectivity index (χ3v) is 3.76. The Balaban J connectivity index is 3.04. The molecule has 0 aromatic heterocycles. The smallest absolute Gasteiger partial charge is 0.320 e. The average molecular weight is 325 g/mol. The van der Waals surface area contributed by atoms with Crippen LogP contribution < -0.4 is 4.72 Å². The van der Waals surface area contributed by atoms with Gasteiger partial charge in [0.15, 0.2) is 0 Å². The third kappa shape index (κ3) is 4.70. The molecule has 0 aliphatic heterocycles. The van der Waals surface area contributed by atoms with Crippen molar-refractivity contribution in [1.82, 2.24) is 4.72 Å². The van der Waals surface area contributed by atoms with Crippen LogP contribution in [-0.4, -0.2) is 39.0 Å². The maximum absolute atomic E-state index is 12.8. The number of sulfonamides is 1. The van der Waals surface area contributed by atoms with Crippen molar-refractivity contribution < 1.29 is 31.1 Å². The molecule has 0 atom stereocenters. The first-order valence-corrected chi connectivity index (χ1v) is 7.03. The number of aliphatic hydroxyl groups is 1. The summed E-state index contributed by atoms with van der Waals surface area (Å²) in [4.78, 5) is -0.434. The minimum absolute atomic E-state index is 0.0422. The lowest BCUT2D eigenvalue weighted by atomic mass is 10.2. The highest BCUT2D eigenvalue weighted by molar-refractivity contribution is 7.89. The number of alkyl halides is 4. The summed E-state index contributed by atoms with van der Waals surface area (Å²) in [6.45, 7) is -2.25. The van der Waals surface area contributed by atoms with Crippen LogP contribution in [0.3, 0.4) is 0 Å². The van der Waals surface area contributed by atoms with Crippen molar-refractivity contribution in [3.63, 3.8) is 0 Å². The number of benzene rings is 1. The van der Waals surface area contributed by atoms with Crippen LogP contribution in [0, 0.1) is 11.8 Å². The topological polar surface area (TPSA) is 66.4 Å². The Bertz CT molecular complexity index is 650. The van der Waals surface area contributed by atoms with Gasteiger partial charge in [-0.05, 0) is 12.1 Å². The summed E-state index contributed by atoms with van der Waals surface area (Å²) < 4.78 is 74.7. The van der Waals surface area contributed by atoms with Crippen LogP contribution in [0.15, 0.2) is 29.2 Å². The summed E-state index contributed by atoms with van der Waals surface area (Å²) in [7, 11) is -4.44. The Hall–Kier alpha value is -1.63. The second-order valence-corrected chi connectivity index (χ2v) is 5.58. The zero-order chi connectivity index (χ0) is 16.1. The molecule has 0 spiro atoms. The van der Waals surface area contributed by atoms with Gasteiger partial charge in [0.2, 0.25) is 10.0 Å². The molecule has 0 aliphatic rings. The molecule has 21 heavy (non-hydrogen) atoms. The van der Waals surface area contributed by atoms with Crippen molar-refractivity contribution in [3.8, 4) is 11.8 Å². The maximum Gasteiger partial charge on any atom is 0.320 e. The van der Waals surface area contributed by atoms with E-state index in [1.165, 1.54) is 22.9 Å². The molecule has 1 aromatic carbocycles. The van der Waals surface area contributed by atoms with Crippen molar-refractivity contribution in [2.24, 2.45) is 0 Å². The van der Waals surface area contributed by atoms with Gasteiger partial charge in [-0.25, -0.2) is 21.9 Å². The number of nitrogens with one attached hydrogen (secondary N) is 1. The van der Waals surface area contributed by atoms with E-state index < -0.39 is 40.4 Å². The van der Waals surface area contributed by atoms with E-state index in [0.29, 0.717) is 0 Å². The van der Waals surface area contributed by atoms with Crippen LogP contribution >= 0.6 is 0 Å². The monoisotopic (exact) mass is 325 g/mol. The van der Waals surface area contributed by atoms with Gasteiger partial charge in [-0.1, -0.05) is 24.0 Å². The predicted molar refractivity (Wildman–Crippen MR) is 66.5 cm³/mol. The fraction of sp³-hybridized carbons (Fsp3) is 0.333. The van der Waals surface area contributed by atoms with Gasteiger partial charge in [0.1, 0.15) is 6.61 Å². The van der Waals surface area contributed by atoms with Gasteiger partial charge in [-0.3, -0.25) is 0 Å². The fourth-order valence-electron chi connectivity index (χ4n) is 1.29. The molecule has 4 nitrogen and oxygen atoms in total. The predicted octanol–water partition coefficient (Wildman–Crippen LogP) is 1.21. The van der Waals surface area contributed by atoms with Crippen LogP contribution in [0.25, 0.3) is 0 Å². The number of hydrogen-bond donors (Lipinski definition) is 2. The minimum Gasteiger partial charge on any atom is -0.384 e. The molecular weight excluding hydrogens is 314 g/mol. The van der Waals surface area contributed by atoms with E-state index in [0.717, 1.165) is 6.07 Å². The molecule has 2 N–H and O–H groups in total. The molecule has 1 aromatic rings. The van der Waals surface area contributed by atoms with Crippen molar-refractivity contribution in [1.29, 1.82) is 0 Å². The Morgan fingerprint density at radius 3 is 2.48 bits per heavy atom. The summed E-state index contributed by atoms with van der Waals surface area (Å²) in [5.41, 5.74) is -0.0422. The molecule has 1 rings (SSSR count). The number of rotatable bonds is 5. The van der Waals surface area contributed by atoms with E-state index in [1.54, 1.807) is 0 Å². The lowest BCUT2D eigenvalue weighted by molar-refractivity contribution is -0.122. The summed E-state index contributed by atoms with van der Waals surface area (Å²) in [6, 6.07) is 5.16. The zero-order valence-electron chi connectivity index (χ0n) is 10.5. The van der Waals surface area contributed by atoms with Gasteiger partial charge < -0.3 is 5.11 Å².